The van der Waals surface area contributed by atoms with Gasteiger partial charge in [-0.1, -0.05) is 62.2 Å². The predicted octanol–water partition coefficient (Wildman–Crippen LogP) is 3.11. The highest BCUT2D eigenvalue weighted by Crippen LogP contribution is 2.12. The van der Waals surface area contributed by atoms with Crippen LogP contribution in [0.15, 0.2) is 30.3 Å². The normalized spacial score (nSPS) is 14.7. The second-order valence-electron chi connectivity index (χ2n) is 3.56. The zero-order valence-corrected chi connectivity index (χ0v) is 12.2. The van der Waals surface area contributed by atoms with Gasteiger partial charge in [0.15, 0.2) is 0 Å². The van der Waals surface area contributed by atoms with E-state index < -0.39 is 0 Å². The maximum absolute atomic E-state index is 9.66. The Bertz CT molecular complexity index is 280. The Morgan fingerprint density at radius 2 is 1.94 bits per heavy atom. The van der Waals surface area contributed by atoms with Crippen molar-refractivity contribution in [2.45, 2.75) is 24.0 Å². The number of benzene rings is 1. The molecule has 0 saturated heterocycles. The van der Waals surface area contributed by atoms with Crippen LogP contribution in [0.5, 0.6) is 0 Å². The van der Waals surface area contributed by atoms with Crippen LogP contribution in [-0.4, -0.2) is 28.0 Å². The second kappa shape index (κ2) is 8.23. The first-order valence-electron chi connectivity index (χ1n) is 5.24. The molecule has 1 rings (SSSR count). The summed E-state index contributed by atoms with van der Waals surface area (Å²) in [6.07, 6.45) is 0.282. The van der Waals surface area contributed by atoms with Gasteiger partial charge >= 0.3 is 0 Å². The standard InChI is InChI=1S/C12H16Br2O2/c13-8-11(14)12(15)6-7-16-9-10-4-2-1-3-5-10/h1-5,11-12,15H,6-9H2. The Kier molecular flexibility index (Phi) is 7.28. The quantitative estimate of drug-likeness (QED) is 0.604. The minimum Gasteiger partial charge on any atom is -0.392 e. The molecule has 0 aliphatic rings. The summed E-state index contributed by atoms with van der Waals surface area (Å²) in [4.78, 5) is 0.0906. The lowest BCUT2D eigenvalue weighted by Crippen LogP contribution is -2.23. The van der Waals surface area contributed by atoms with Crippen LogP contribution in [0.4, 0.5) is 0 Å². The Balaban J connectivity index is 2.13. The monoisotopic (exact) mass is 350 g/mol. The number of ether oxygens (including phenoxy) is 1. The van der Waals surface area contributed by atoms with Crippen molar-refractivity contribution in [1.82, 2.24) is 0 Å². The molecule has 0 amide bonds. The fourth-order valence-corrected chi connectivity index (χ4v) is 1.95. The van der Waals surface area contributed by atoms with Crippen molar-refractivity contribution in [3.05, 3.63) is 35.9 Å². The Morgan fingerprint density at radius 3 is 2.56 bits per heavy atom. The average Bonchev–Trinajstić information content (AvgIpc) is 2.34. The summed E-state index contributed by atoms with van der Waals surface area (Å²) in [7, 11) is 0. The van der Waals surface area contributed by atoms with Crippen LogP contribution in [0.2, 0.25) is 0 Å². The first-order chi connectivity index (χ1) is 7.74. The van der Waals surface area contributed by atoms with Crippen molar-refractivity contribution in [3.63, 3.8) is 0 Å². The molecule has 0 saturated carbocycles. The van der Waals surface area contributed by atoms with Crippen LogP contribution in [0, 0.1) is 0 Å². The molecular formula is C12H16Br2O2. The van der Waals surface area contributed by atoms with Crippen LogP contribution in [0.1, 0.15) is 12.0 Å². The van der Waals surface area contributed by atoms with E-state index in [1.165, 1.54) is 0 Å². The van der Waals surface area contributed by atoms with E-state index in [0.29, 0.717) is 19.6 Å². The molecule has 90 valence electrons. The van der Waals surface area contributed by atoms with E-state index in [1.807, 2.05) is 30.3 Å². The zero-order valence-electron chi connectivity index (χ0n) is 8.98. The number of aliphatic hydroxyl groups excluding tert-OH is 1. The number of rotatable bonds is 7. The molecule has 1 aromatic carbocycles. The first kappa shape index (κ1) is 14.2. The highest BCUT2D eigenvalue weighted by molar-refractivity contribution is 9.12. The van der Waals surface area contributed by atoms with Gasteiger partial charge in [0.2, 0.25) is 0 Å². The number of alkyl halides is 2. The Hall–Kier alpha value is 0.1000. The molecule has 16 heavy (non-hydrogen) atoms. The average molecular weight is 352 g/mol. The third-order valence-electron chi connectivity index (χ3n) is 2.23. The molecule has 1 aromatic rings. The van der Waals surface area contributed by atoms with Gasteiger partial charge < -0.3 is 9.84 Å². The Labute approximate surface area is 113 Å². The summed E-state index contributed by atoms with van der Waals surface area (Å²) >= 11 is 6.70. The summed E-state index contributed by atoms with van der Waals surface area (Å²) < 4.78 is 5.49. The van der Waals surface area contributed by atoms with E-state index in [9.17, 15) is 5.11 Å². The van der Waals surface area contributed by atoms with Gasteiger partial charge in [-0.05, 0) is 12.0 Å². The molecule has 0 aromatic heterocycles. The Morgan fingerprint density at radius 1 is 1.25 bits per heavy atom. The van der Waals surface area contributed by atoms with E-state index in [0.717, 1.165) is 10.9 Å². The lowest BCUT2D eigenvalue weighted by Gasteiger charge is -2.14. The van der Waals surface area contributed by atoms with Crippen LogP contribution in [-0.2, 0) is 11.3 Å². The van der Waals surface area contributed by atoms with Gasteiger partial charge in [0, 0.05) is 11.9 Å². The summed E-state index contributed by atoms with van der Waals surface area (Å²) in [6, 6.07) is 10.0. The third kappa shape index (κ3) is 5.43. The highest BCUT2D eigenvalue weighted by Gasteiger charge is 2.13. The molecule has 0 radical (unpaired) electrons. The van der Waals surface area contributed by atoms with E-state index in [4.69, 9.17) is 4.74 Å². The molecule has 0 spiro atoms. The van der Waals surface area contributed by atoms with Crippen molar-refractivity contribution in [2.24, 2.45) is 0 Å². The van der Waals surface area contributed by atoms with Gasteiger partial charge in [-0.15, -0.1) is 0 Å². The van der Waals surface area contributed by atoms with E-state index in [2.05, 4.69) is 31.9 Å². The maximum atomic E-state index is 9.66. The van der Waals surface area contributed by atoms with Gasteiger partial charge in [-0.25, -0.2) is 0 Å². The largest absolute Gasteiger partial charge is 0.392 e. The van der Waals surface area contributed by atoms with E-state index in [1.54, 1.807) is 0 Å². The summed E-state index contributed by atoms with van der Waals surface area (Å²) in [5, 5.41) is 10.4. The fraction of sp³-hybridized carbons (Fsp3) is 0.500. The molecule has 0 aliphatic heterocycles. The van der Waals surface area contributed by atoms with Gasteiger partial charge in [0.25, 0.3) is 0 Å². The number of aliphatic hydroxyl groups is 1. The van der Waals surface area contributed by atoms with E-state index in [-0.39, 0.29) is 10.9 Å². The van der Waals surface area contributed by atoms with Crippen molar-refractivity contribution >= 4 is 31.9 Å². The summed E-state index contributed by atoms with van der Waals surface area (Å²) in [5.41, 5.74) is 1.16. The van der Waals surface area contributed by atoms with Crippen LogP contribution in [0.25, 0.3) is 0 Å². The molecule has 4 heteroatoms. The molecule has 0 heterocycles. The van der Waals surface area contributed by atoms with Crippen LogP contribution >= 0.6 is 31.9 Å². The molecule has 0 bridgehead atoms. The van der Waals surface area contributed by atoms with Gasteiger partial charge in [-0.3, -0.25) is 0 Å². The molecular weight excluding hydrogens is 336 g/mol. The number of hydrogen-bond donors (Lipinski definition) is 1. The molecule has 1 N–H and O–H groups in total. The molecule has 2 unspecified atom stereocenters. The van der Waals surface area contributed by atoms with Gasteiger partial charge in [-0.2, -0.15) is 0 Å². The smallest absolute Gasteiger partial charge is 0.0716 e. The highest BCUT2D eigenvalue weighted by atomic mass is 79.9. The minimum absolute atomic E-state index is 0.0906. The van der Waals surface area contributed by atoms with Crippen molar-refractivity contribution in [1.29, 1.82) is 0 Å². The lowest BCUT2D eigenvalue weighted by atomic mass is 10.2. The predicted molar refractivity (Wildman–Crippen MR) is 73.2 cm³/mol. The van der Waals surface area contributed by atoms with Gasteiger partial charge in [0.1, 0.15) is 0 Å². The molecule has 0 fully saturated rings. The molecule has 2 nitrogen and oxygen atoms in total. The van der Waals surface area contributed by atoms with Crippen molar-refractivity contribution in [3.8, 4) is 0 Å². The van der Waals surface area contributed by atoms with Crippen LogP contribution < -0.4 is 0 Å². The number of halogens is 2. The lowest BCUT2D eigenvalue weighted by molar-refractivity contribution is 0.0752. The van der Waals surface area contributed by atoms with Crippen molar-refractivity contribution in [2.75, 3.05) is 11.9 Å². The van der Waals surface area contributed by atoms with Crippen LogP contribution in [0.3, 0.4) is 0 Å². The third-order valence-corrected chi connectivity index (χ3v) is 4.73. The summed E-state index contributed by atoms with van der Waals surface area (Å²) in [5.74, 6) is 0. The minimum atomic E-state index is -0.366. The SMILES string of the molecule is OC(CCOCc1ccccc1)C(Br)CBr. The number of hydrogen-bond acceptors (Lipinski definition) is 2. The van der Waals surface area contributed by atoms with Gasteiger partial charge in [0.05, 0.1) is 17.5 Å². The first-order valence-corrected chi connectivity index (χ1v) is 7.27. The molecule has 0 aliphatic carbocycles. The zero-order chi connectivity index (χ0) is 11.8. The molecule has 2 atom stereocenters. The maximum Gasteiger partial charge on any atom is 0.0716 e. The second-order valence-corrected chi connectivity index (χ2v) is 5.39. The fourth-order valence-electron chi connectivity index (χ4n) is 1.25. The summed E-state index contributed by atoms with van der Waals surface area (Å²) in [6.45, 7) is 1.18. The topological polar surface area (TPSA) is 29.5 Å². The van der Waals surface area contributed by atoms with Crippen molar-refractivity contribution < 1.29 is 9.84 Å². The van der Waals surface area contributed by atoms with E-state index >= 15 is 0 Å².